The van der Waals surface area contributed by atoms with Gasteiger partial charge in [0.25, 0.3) is 0 Å². The van der Waals surface area contributed by atoms with Crippen LogP contribution in [0.2, 0.25) is 0 Å². The second-order valence-corrected chi connectivity index (χ2v) is 5.08. The zero-order chi connectivity index (χ0) is 15.1. The number of fused-ring (bicyclic) bond motifs is 1. The third-order valence-corrected chi connectivity index (χ3v) is 3.56. The average molecular weight is 291 g/mol. The number of methoxy groups -OCH3 is 1. The van der Waals surface area contributed by atoms with Crippen LogP contribution in [0.1, 0.15) is 38.5 Å². The van der Waals surface area contributed by atoms with Crippen LogP contribution in [-0.4, -0.2) is 17.6 Å². The number of nitrogens with zero attached hydrogens (tertiary/aromatic N) is 1. The Morgan fingerprint density at radius 1 is 1.14 bits per heavy atom. The van der Waals surface area contributed by atoms with E-state index in [-0.39, 0.29) is 11.7 Å². The standard InChI is InChI=1S/C16H21NO4/c1-20-15(18)11-5-3-2-4-8-12-17-13-9-6-7-10-14(13)21-16(17)19/h6-7,9-10H,2-5,8,11-12H2,1H3. The number of carbonyl (C=O) groups is 1. The predicted molar refractivity (Wildman–Crippen MR) is 80.2 cm³/mol. The lowest BCUT2D eigenvalue weighted by Gasteiger charge is -2.03. The van der Waals surface area contributed by atoms with E-state index in [1.165, 1.54) is 7.11 Å². The molecule has 0 aliphatic heterocycles. The Balaban J connectivity index is 1.72. The maximum Gasteiger partial charge on any atom is 0.419 e. The van der Waals surface area contributed by atoms with Gasteiger partial charge in [0.1, 0.15) is 0 Å². The van der Waals surface area contributed by atoms with E-state index in [4.69, 9.17) is 4.42 Å². The van der Waals surface area contributed by atoms with E-state index in [1.807, 2.05) is 18.2 Å². The highest BCUT2D eigenvalue weighted by Crippen LogP contribution is 2.13. The summed E-state index contributed by atoms with van der Waals surface area (Å²) in [7, 11) is 1.41. The van der Waals surface area contributed by atoms with E-state index < -0.39 is 0 Å². The van der Waals surface area contributed by atoms with Crippen molar-refractivity contribution < 1.29 is 13.9 Å². The highest BCUT2D eigenvalue weighted by molar-refractivity contribution is 5.72. The number of esters is 1. The van der Waals surface area contributed by atoms with E-state index in [9.17, 15) is 9.59 Å². The molecule has 0 aliphatic rings. The Labute approximate surface area is 123 Å². The molecule has 0 amide bonds. The number of ether oxygens (including phenoxy) is 1. The molecule has 0 spiro atoms. The molecule has 1 aromatic carbocycles. The van der Waals surface area contributed by atoms with Crippen molar-refractivity contribution >= 4 is 17.1 Å². The van der Waals surface area contributed by atoms with Crippen LogP contribution in [0.3, 0.4) is 0 Å². The number of oxazole rings is 1. The largest absolute Gasteiger partial charge is 0.469 e. The lowest BCUT2D eigenvalue weighted by Crippen LogP contribution is -2.14. The third-order valence-electron chi connectivity index (χ3n) is 3.56. The molecule has 0 fully saturated rings. The van der Waals surface area contributed by atoms with Crippen LogP contribution in [0.5, 0.6) is 0 Å². The fraction of sp³-hybridized carbons (Fsp3) is 0.500. The van der Waals surface area contributed by atoms with E-state index in [0.717, 1.165) is 37.6 Å². The van der Waals surface area contributed by atoms with Crippen molar-refractivity contribution in [3.8, 4) is 0 Å². The van der Waals surface area contributed by atoms with Gasteiger partial charge in [0.15, 0.2) is 5.58 Å². The quantitative estimate of drug-likeness (QED) is 0.554. The lowest BCUT2D eigenvalue weighted by atomic mass is 10.1. The number of hydrogen-bond acceptors (Lipinski definition) is 4. The van der Waals surface area contributed by atoms with Gasteiger partial charge in [-0.2, -0.15) is 0 Å². The minimum absolute atomic E-state index is 0.147. The summed E-state index contributed by atoms with van der Waals surface area (Å²) in [4.78, 5) is 22.7. The first kappa shape index (κ1) is 15.4. The van der Waals surface area contributed by atoms with Crippen molar-refractivity contribution in [3.63, 3.8) is 0 Å². The van der Waals surface area contributed by atoms with Crippen molar-refractivity contribution in [3.05, 3.63) is 34.8 Å². The van der Waals surface area contributed by atoms with Crippen LogP contribution >= 0.6 is 0 Å². The van der Waals surface area contributed by atoms with Gasteiger partial charge >= 0.3 is 11.7 Å². The molecule has 0 unspecified atom stereocenters. The Bertz CT molecular complexity index is 641. The molecule has 114 valence electrons. The molecule has 0 saturated heterocycles. The summed E-state index contributed by atoms with van der Waals surface area (Å²) in [6, 6.07) is 7.47. The number of hydrogen-bond donors (Lipinski definition) is 0. The second-order valence-electron chi connectivity index (χ2n) is 5.08. The molecule has 0 radical (unpaired) electrons. The fourth-order valence-corrected chi connectivity index (χ4v) is 2.40. The van der Waals surface area contributed by atoms with Gasteiger partial charge in [0, 0.05) is 13.0 Å². The van der Waals surface area contributed by atoms with E-state index >= 15 is 0 Å². The number of para-hydroxylation sites is 2. The minimum Gasteiger partial charge on any atom is -0.469 e. The van der Waals surface area contributed by atoms with E-state index in [1.54, 1.807) is 10.6 Å². The SMILES string of the molecule is COC(=O)CCCCCCCn1c(=O)oc2ccccc21. The van der Waals surface area contributed by atoms with Crippen molar-refractivity contribution in [2.45, 2.75) is 45.1 Å². The number of rotatable bonds is 8. The minimum atomic E-state index is -0.290. The number of unbranched alkanes of at least 4 members (excludes halogenated alkanes) is 4. The maximum atomic E-state index is 11.8. The van der Waals surface area contributed by atoms with Gasteiger partial charge in [-0.05, 0) is 25.0 Å². The number of benzene rings is 1. The summed E-state index contributed by atoms with van der Waals surface area (Å²) in [6.07, 6.45) is 5.38. The average Bonchev–Trinajstić information content (AvgIpc) is 2.81. The summed E-state index contributed by atoms with van der Waals surface area (Å²) >= 11 is 0. The zero-order valence-corrected chi connectivity index (χ0v) is 12.3. The predicted octanol–water partition coefficient (Wildman–Crippen LogP) is 3.11. The second kappa shape index (κ2) is 7.67. The van der Waals surface area contributed by atoms with E-state index in [0.29, 0.717) is 18.5 Å². The first-order valence-electron chi connectivity index (χ1n) is 7.37. The van der Waals surface area contributed by atoms with Gasteiger partial charge in [0.2, 0.25) is 0 Å². The summed E-state index contributed by atoms with van der Waals surface area (Å²) in [6.45, 7) is 0.673. The van der Waals surface area contributed by atoms with Crippen LogP contribution in [0.15, 0.2) is 33.5 Å². The van der Waals surface area contributed by atoms with Gasteiger partial charge in [-0.3, -0.25) is 9.36 Å². The number of aromatic nitrogens is 1. The molecule has 2 aromatic rings. The molecule has 0 bridgehead atoms. The van der Waals surface area contributed by atoms with Crippen molar-refractivity contribution in [1.29, 1.82) is 0 Å². The molecule has 0 N–H and O–H groups in total. The molecule has 0 saturated carbocycles. The van der Waals surface area contributed by atoms with Crippen LogP contribution in [-0.2, 0) is 16.1 Å². The molecule has 0 atom stereocenters. The number of carbonyl (C=O) groups excluding carboxylic acids is 1. The van der Waals surface area contributed by atoms with Crippen molar-refractivity contribution in [1.82, 2.24) is 4.57 Å². The molecular formula is C16H21NO4. The van der Waals surface area contributed by atoms with Gasteiger partial charge in [0.05, 0.1) is 12.6 Å². The van der Waals surface area contributed by atoms with Crippen LogP contribution in [0.4, 0.5) is 0 Å². The van der Waals surface area contributed by atoms with Crippen molar-refractivity contribution in [2.75, 3.05) is 7.11 Å². The molecule has 1 aromatic heterocycles. The first-order valence-corrected chi connectivity index (χ1v) is 7.37. The van der Waals surface area contributed by atoms with Crippen LogP contribution in [0.25, 0.3) is 11.1 Å². The molecule has 2 rings (SSSR count). The summed E-state index contributed by atoms with van der Waals surface area (Å²) in [5.74, 6) is -0.437. The molecular weight excluding hydrogens is 270 g/mol. The molecule has 5 nitrogen and oxygen atoms in total. The Hall–Kier alpha value is -2.04. The zero-order valence-electron chi connectivity index (χ0n) is 12.3. The summed E-state index contributed by atoms with van der Waals surface area (Å²) < 4.78 is 11.5. The summed E-state index contributed by atoms with van der Waals surface area (Å²) in [5.41, 5.74) is 1.49. The lowest BCUT2D eigenvalue weighted by molar-refractivity contribution is -0.140. The van der Waals surface area contributed by atoms with E-state index in [2.05, 4.69) is 4.74 Å². The maximum absolute atomic E-state index is 11.8. The normalized spacial score (nSPS) is 10.9. The first-order chi connectivity index (χ1) is 10.2. The summed E-state index contributed by atoms with van der Waals surface area (Å²) in [5, 5.41) is 0. The van der Waals surface area contributed by atoms with Crippen molar-refractivity contribution in [2.24, 2.45) is 0 Å². The van der Waals surface area contributed by atoms with Crippen LogP contribution < -0.4 is 5.76 Å². The van der Waals surface area contributed by atoms with Crippen LogP contribution in [0, 0.1) is 0 Å². The topological polar surface area (TPSA) is 61.4 Å². The molecule has 5 heteroatoms. The smallest absolute Gasteiger partial charge is 0.419 e. The van der Waals surface area contributed by atoms with Gasteiger partial charge in [-0.15, -0.1) is 0 Å². The molecule has 0 aliphatic carbocycles. The van der Waals surface area contributed by atoms with Gasteiger partial charge < -0.3 is 9.15 Å². The monoisotopic (exact) mass is 291 g/mol. The van der Waals surface area contributed by atoms with Gasteiger partial charge in [-0.1, -0.05) is 31.4 Å². The Morgan fingerprint density at radius 2 is 1.86 bits per heavy atom. The molecule has 1 heterocycles. The number of aryl methyl sites for hydroxylation is 1. The molecule has 21 heavy (non-hydrogen) atoms. The fourth-order valence-electron chi connectivity index (χ4n) is 2.40. The Kier molecular flexibility index (Phi) is 5.60. The highest BCUT2D eigenvalue weighted by Gasteiger charge is 2.07. The van der Waals surface area contributed by atoms with Gasteiger partial charge in [-0.25, -0.2) is 4.79 Å². The highest BCUT2D eigenvalue weighted by atomic mass is 16.5. The Morgan fingerprint density at radius 3 is 2.67 bits per heavy atom. The third kappa shape index (κ3) is 4.21.